The topological polar surface area (TPSA) is 55.6 Å². The summed E-state index contributed by atoms with van der Waals surface area (Å²) in [6.07, 6.45) is 2.33. The van der Waals surface area contributed by atoms with Gasteiger partial charge in [-0.25, -0.2) is 4.68 Å². The minimum atomic E-state index is 0.373. The van der Waals surface area contributed by atoms with Crippen molar-refractivity contribution in [3.63, 3.8) is 0 Å². The summed E-state index contributed by atoms with van der Waals surface area (Å²) in [5.74, 6) is 1.62. The molecule has 0 bridgehead atoms. The minimum absolute atomic E-state index is 0.373. The highest BCUT2D eigenvalue weighted by molar-refractivity contribution is 4.82. The van der Waals surface area contributed by atoms with Crippen LogP contribution in [0.3, 0.4) is 0 Å². The van der Waals surface area contributed by atoms with Crippen molar-refractivity contribution in [3.05, 3.63) is 5.82 Å². The minimum Gasteiger partial charge on any atom is -0.313 e. The van der Waals surface area contributed by atoms with Crippen molar-refractivity contribution in [2.24, 2.45) is 5.92 Å². The van der Waals surface area contributed by atoms with E-state index < -0.39 is 0 Å². The summed E-state index contributed by atoms with van der Waals surface area (Å²) >= 11 is 0. The van der Waals surface area contributed by atoms with Crippen LogP contribution < -0.4 is 5.32 Å². The number of tetrazole rings is 1. The Hall–Kier alpha value is -0.970. The molecule has 15 heavy (non-hydrogen) atoms. The van der Waals surface area contributed by atoms with E-state index in [-0.39, 0.29) is 0 Å². The Morgan fingerprint density at radius 2 is 2.13 bits per heavy atom. The van der Waals surface area contributed by atoms with E-state index in [1.807, 2.05) is 11.7 Å². The van der Waals surface area contributed by atoms with E-state index in [0.717, 1.165) is 18.8 Å². The lowest BCUT2D eigenvalue weighted by molar-refractivity contribution is 0.359. The number of rotatable bonds is 6. The van der Waals surface area contributed by atoms with Crippen LogP contribution in [-0.2, 0) is 6.54 Å². The zero-order valence-corrected chi connectivity index (χ0v) is 10.1. The maximum Gasteiger partial charge on any atom is 0.165 e. The van der Waals surface area contributed by atoms with Crippen LogP contribution in [0.5, 0.6) is 0 Å². The highest BCUT2D eigenvalue weighted by Gasteiger charge is 2.14. The third-order valence-electron chi connectivity index (χ3n) is 2.75. The molecule has 0 spiro atoms. The average Bonchev–Trinajstić information content (AvgIpc) is 2.66. The summed E-state index contributed by atoms with van der Waals surface area (Å²) in [4.78, 5) is 0. The molecule has 2 atom stereocenters. The first-order valence-corrected chi connectivity index (χ1v) is 5.60. The lowest BCUT2D eigenvalue weighted by Gasteiger charge is -2.16. The molecule has 0 aromatic carbocycles. The predicted octanol–water partition coefficient (Wildman–Crippen LogP) is 1.39. The van der Waals surface area contributed by atoms with Gasteiger partial charge >= 0.3 is 0 Å². The second-order valence-electron chi connectivity index (χ2n) is 4.17. The van der Waals surface area contributed by atoms with Crippen LogP contribution in [0.25, 0.3) is 0 Å². The Morgan fingerprint density at radius 1 is 1.40 bits per heavy atom. The molecule has 1 aromatic rings. The van der Waals surface area contributed by atoms with Gasteiger partial charge in [-0.3, -0.25) is 0 Å². The van der Waals surface area contributed by atoms with Crippen molar-refractivity contribution < 1.29 is 0 Å². The molecule has 0 fully saturated rings. The number of nitrogens with zero attached hydrogens (tertiary/aromatic N) is 4. The van der Waals surface area contributed by atoms with Crippen LogP contribution in [-0.4, -0.2) is 27.3 Å². The first-order valence-electron chi connectivity index (χ1n) is 5.60. The fourth-order valence-corrected chi connectivity index (χ4v) is 1.68. The summed E-state index contributed by atoms with van der Waals surface area (Å²) < 4.78 is 1.92. The third-order valence-corrected chi connectivity index (χ3v) is 2.75. The van der Waals surface area contributed by atoms with Crippen molar-refractivity contribution in [2.75, 3.05) is 7.05 Å². The van der Waals surface area contributed by atoms with Gasteiger partial charge in [0.2, 0.25) is 0 Å². The molecule has 1 rings (SSSR count). The average molecular weight is 211 g/mol. The molecule has 0 radical (unpaired) electrons. The Bertz CT molecular complexity index is 283. The van der Waals surface area contributed by atoms with Crippen molar-refractivity contribution >= 4 is 0 Å². The summed E-state index contributed by atoms with van der Waals surface area (Å²) in [6.45, 7) is 7.36. The molecule has 1 heterocycles. The van der Waals surface area contributed by atoms with Gasteiger partial charge in [-0.05, 0) is 36.7 Å². The maximum atomic E-state index is 4.04. The quantitative estimate of drug-likeness (QED) is 0.772. The molecule has 0 aliphatic carbocycles. The van der Waals surface area contributed by atoms with E-state index in [1.165, 1.54) is 6.42 Å². The van der Waals surface area contributed by atoms with Gasteiger partial charge in [0.05, 0.1) is 12.6 Å². The molecular formula is C10H21N5. The van der Waals surface area contributed by atoms with Gasteiger partial charge in [0.15, 0.2) is 5.82 Å². The lowest BCUT2D eigenvalue weighted by atomic mass is 10.0. The molecule has 5 heteroatoms. The molecule has 0 aliphatic rings. The molecule has 86 valence electrons. The maximum absolute atomic E-state index is 4.04. The van der Waals surface area contributed by atoms with Crippen molar-refractivity contribution in [1.29, 1.82) is 0 Å². The van der Waals surface area contributed by atoms with E-state index in [0.29, 0.717) is 12.0 Å². The summed E-state index contributed by atoms with van der Waals surface area (Å²) in [5.41, 5.74) is 0. The zero-order valence-electron chi connectivity index (χ0n) is 10.1. The first kappa shape index (κ1) is 12.1. The fourth-order valence-electron chi connectivity index (χ4n) is 1.68. The molecule has 5 nitrogen and oxygen atoms in total. The van der Waals surface area contributed by atoms with E-state index in [4.69, 9.17) is 0 Å². The van der Waals surface area contributed by atoms with Crippen LogP contribution >= 0.6 is 0 Å². The van der Waals surface area contributed by atoms with Crippen LogP contribution in [0, 0.1) is 5.92 Å². The Morgan fingerprint density at radius 3 is 2.73 bits per heavy atom. The number of aromatic nitrogens is 4. The van der Waals surface area contributed by atoms with Gasteiger partial charge in [0.25, 0.3) is 0 Å². The Labute approximate surface area is 91.2 Å². The van der Waals surface area contributed by atoms with Gasteiger partial charge in [-0.1, -0.05) is 20.3 Å². The molecule has 0 amide bonds. The van der Waals surface area contributed by atoms with Crippen LogP contribution in [0.1, 0.15) is 45.5 Å². The van der Waals surface area contributed by atoms with E-state index >= 15 is 0 Å². The Balaban J connectivity index is 2.63. The van der Waals surface area contributed by atoms with E-state index in [2.05, 4.69) is 41.6 Å². The zero-order chi connectivity index (χ0) is 11.3. The standard InChI is InChI=1S/C10H21N5/c1-5-8(2)6-9(3)15-10(7-11-4)12-13-14-15/h8-9,11H,5-7H2,1-4H3. The first-order chi connectivity index (χ1) is 7.19. The SMILES string of the molecule is CCC(C)CC(C)n1nnnc1CNC. The molecule has 0 aliphatic heterocycles. The fraction of sp³-hybridized carbons (Fsp3) is 0.900. The summed E-state index contributed by atoms with van der Waals surface area (Å²) in [5, 5.41) is 14.8. The number of hydrogen-bond donors (Lipinski definition) is 1. The number of nitrogens with one attached hydrogen (secondary N) is 1. The highest BCUT2D eigenvalue weighted by atomic mass is 15.6. The van der Waals surface area contributed by atoms with Crippen LogP contribution in [0.15, 0.2) is 0 Å². The van der Waals surface area contributed by atoms with Gasteiger partial charge in [-0.2, -0.15) is 0 Å². The molecule has 1 aromatic heterocycles. The second-order valence-corrected chi connectivity index (χ2v) is 4.17. The molecule has 0 saturated heterocycles. The highest BCUT2D eigenvalue weighted by Crippen LogP contribution is 2.18. The largest absolute Gasteiger partial charge is 0.313 e. The van der Waals surface area contributed by atoms with Gasteiger partial charge in [0.1, 0.15) is 0 Å². The summed E-state index contributed by atoms with van der Waals surface area (Å²) in [6, 6.07) is 0.373. The van der Waals surface area contributed by atoms with Gasteiger partial charge in [-0.15, -0.1) is 5.10 Å². The predicted molar refractivity (Wildman–Crippen MR) is 59.4 cm³/mol. The molecular weight excluding hydrogens is 190 g/mol. The van der Waals surface area contributed by atoms with Gasteiger partial charge in [0, 0.05) is 0 Å². The smallest absolute Gasteiger partial charge is 0.165 e. The van der Waals surface area contributed by atoms with E-state index in [1.54, 1.807) is 0 Å². The van der Waals surface area contributed by atoms with Crippen molar-refractivity contribution in [3.8, 4) is 0 Å². The van der Waals surface area contributed by atoms with Crippen molar-refractivity contribution in [2.45, 2.75) is 46.2 Å². The van der Waals surface area contributed by atoms with Crippen LogP contribution in [0.4, 0.5) is 0 Å². The lowest BCUT2D eigenvalue weighted by Crippen LogP contribution is -2.17. The third kappa shape index (κ3) is 3.27. The van der Waals surface area contributed by atoms with Crippen LogP contribution in [0.2, 0.25) is 0 Å². The normalized spacial score (nSPS) is 15.2. The molecule has 0 saturated carbocycles. The van der Waals surface area contributed by atoms with Gasteiger partial charge < -0.3 is 5.32 Å². The Kier molecular flexibility index (Phi) is 4.68. The molecule has 2 unspecified atom stereocenters. The summed E-state index contributed by atoms with van der Waals surface area (Å²) in [7, 11) is 1.90. The number of hydrogen-bond acceptors (Lipinski definition) is 4. The monoisotopic (exact) mass is 211 g/mol. The van der Waals surface area contributed by atoms with Crippen molar-refractivity contribution in [1.82, 2.24) is 25.5 Å². The second kappa shape index (κ2) is 5.80. The molecule has 1 N–H and O–H groups in total. The van der Waals surface area contributed by atoms with E-state index in [9.17, 15) is 0 Å².